The zero-order chi connectivity index (χ0) is 20.9. The van der Waals surface area contributed by atoms with Crippen LogP contribution in [0.1, 0.15) is 37.7 Å². The van der Waals surface area contributed by atoms with E-state index in [1.54, 1.807) is 6.07 Å². The molecule has 0 saturated carbocycles. The molecule has 0 aliphatic carbocycles. The Hall–Kier alpha value is -2.86. The van der Waals surface area contributed by atoms with Crippen LogP contribution in [0.15, 0.2) is 53.6 Å². The fraction of sp³-hybridized carbons (Fsp3) is 0.348. The molecule has 0 radical (unpaired) electrons. The summed E-state index contributed by atoms with van der Waals surface area (Å²) >= 11 is 6.14. The number of carbonyl (C=O) groups is 2. The number of rotatable bonds is 6. The molecule has 0 bridgehead atoms. The van der Waals surface area contributed by atoms with Gasteiger partial charge in [0.1, 0.15) is 0 Å². The van der Waals surface area contributed by atoms with E-state index in [0.717, 1.165) is 49.3 Å². The Morgan fingerprint density at radius 3 is 2.53 bits per heavy atom. The van der Waals surface area contributed by atoms with Gasteiger partial charge in [0.05, 0.1) is 23.6 Å². The maximum Gasteiger partial charge on any atom is 0.243 e. The van der Waals surface area contributed by atoms with Crippen molar-refractivity contribution >= 4 is 40.5 Å². The van der Waals surface area contributed by atoms with Crippen LogP contribution in [0, 0.1) is 0 Å². The summed E-state index contributed by atoms with van der Waals surface area (Å²) in [6, 6.07) is 15.4. The highest BCUT2D eigenvalue weighted by Gasteiger charge is 2.22. The Morgan fingerprint density at radius 2 is 1.77 bits per heavy atom. The van der Waals surface area contributed by atoms with E-state index in [9.17, 15) is 9.59 Å². The molecule has 0 unspecified atom stereocenters. The lowest BCUT2D eigenvalue weighted by atomic mass is 10.1. The number of anilines is 2. The van der Waals surface area contributed by atoms with Gasteiger partial charge in [0, 0.05) is 37.4 Å². The predicted octanol–water partition coefficient (Wildman–Crippen LogP) is 4.30. The van der Waals surface area contributed by atoms with Crippen LogP contribution in [0.2, 0.25) is 5.02 Å². The van der Waals surface area contributed by atoms with E-state index in [1.807, 2.05) is 42.5 Å². The van der Waals surface area contributed by atoms with Crippen LogP contribution in [-0.4, -0.2) is 42.2 Å². The van der Waals surface area contributed by atoms with Crippen LogP contribution in [0.5, 0.6) is 0 Å². The third-order valence-corrected chi connectivity index (χ3v) is 5.68. The Bertz CT molecular complexity index is 955. The molecule has 156 valence electrons. The average molecular weight is 425 g/mol. The van der Waals surface area contributed by atoms with Gasteiger partial charge in [0.15, 0.2) is 0 Å². The first-order valence-electron chi connectivity index (χ1n) is 10.4. The van der Waals surface area contributed by atoms with Gasteiger partial charge in [-0.2, -0.15) is 5.10 Å². The van der Waals surface area contributed by atoms with Crippen molar-refractivity contribution in [2.24, 2.45) is 5.10 Å². The highest BCUT2D eigenvalue weighted by molar-refractivity contribution is 6.31. The minimum atomic E-state index is -0.197. The molecule has 2 amide bonds. The Balaban J connectivity index is 1.34. The molecule has 1 saturated heterocycles. The van der Waals surface area contributed by atoms with E-state index < -0.39 is 0 Å². The van der Waals surface area contributed by atoms with Gasteiger partial charge in [0.2, 0.25) is 11.8 Å². The van der Waals surface area contributed by atoms with Gasteiger partial charge in [0.25, 0.3) is 0 Å². The summed E-state index contributed by atoms with van der Waals surface area (Å²) in [6.07, 6.45) is 3.25. The lowest BCUT2D eigenvalue weighted by molar-refractivity contribution is -0.132. The maximum absolute atomic E-state index is 12.5. The van der Waals surface area contributed by atoms with Crippen LogP contribution in [0.25, 0.3) is 0 Å². The monoisotopic (exact) mass is 424 g/mol. The van der Waals surface area contributed by atoms with Gasteiger partial charge < -0.3 is 10.2 Å². The second-order valence-corrected chi connectivity index (χ2v) is 8.02. The lowest BCUT2D eigenvalue weighted by Gasteiger charge is -2.22. The van der Waals surface area contributed by atoms with Gasteiger partial charge in [-0.05, 0) is 36.6 Å². The zero-order valence-electron chi connectivity index (χ0n) is 16.8. The molecule has 2 heterocycles. The maximum atomic E-state index is 12.5. The highest BCUT2D eigenvalue weighted by Crippen LogP contribution is 2.31. The van der Waals surface area contributed by atoms with Crippen molar-refractivity contribution in [2.45, 2.75) is 32.1 Å². The number of hydrogen-bond donors (Lipinski definition) is 1. The van der Waals surface area contributed by atoms with Crippen molar-refractivity contribution in [1.82, 2.24) is 5.01 Å². The van der Waals surface area contributed by atoms with Crippen LogP contribution < -0.4 is 10.2 Å². The molecule has 0 spiro atoms. The average Bonchev–Trinajstić information content (AvgIpc) is 3.45. The SMILES string of the molecule is O=C(CCC(=O)N1CCC(c2ccccc2)=N1)Nc1cc(Cl)ccc1N1CCCC1. The molecular weight excluding hydrogens is 400 g/mol. The largest absolute Gasteiger partial charge is 0.370 e. The number of hydrazone groups is 1. The number of amides is 2. The summed E-state index contributed by atoms with van der Waals surface area (Å²) in [7, 11) is 0. The third kappa shape index (κ3) is 4.82. The van der Waals surface area contributed by atoms with Gasteiger partial charge >= 0.3 is 0 Å². The molecule has 2 aliphatic rings. The normalized spacial score (nSPS) is 16.0. The van der Waals surface area contributed by atoms with Gasteiger partial charge in [-0.15, -0.1) is 0 Å². The first-order chi connectivity index (χ1) is 14.6. The molecule has 6 nitrogen and oxygen atoms in total. The molecule has 2 aromatic carbocycles. The van der Waals surface area contributed by atoms with Crippen LogP contribution in [-0.2, 0) is 9.59 Å². The summed E-state index contributed by atoms with van der Waals surface area (Å²) in [4.78, 5) is 27.3. The molecule has 30 heavy (non-hydrogen) atoms. The van der Waals surface area contributed by atoms with Crippen LogP contribution in [0.4, 0.5) is 11.4 Å². The highest BCUT2D eigenvalue weighted by atomic mass is 35.5. The summed E-state index contributed by atoms with van der Waals surface area (Å²) in [6.45, 7) is 2.50. The molecular formula is C23H25ClN4O2. The second kappa shape index (κ2) is 9.30. The molecule has 1 N–H and O–H groups in total. The van der Waals surface area contributed by atoms with Gasteiger partial charge in [-0.1, -0.05) is 41.9 Å². The Labute approximate surface area is 181 Å². The molecule has 2 aromatic rings. The molecule has 1 fully saturated rings. The fourth-order valence-corrected chi connectivity index (χ4v) is 4.05. The molecule has 7 heteroatoms. The number of hydrogen-bond acceptors (Lipinski definition) is 4. The lowest BCUT2D eigenvalue weighted by Crippen LogP contribution is -2.25. The van der Waals surface area contributed by atoms with Gasteiger partial charge in [-0.3, -0.25) is 9.59 Å². The van der Waals surface area contributed by atoms with Crippen molar-refractivity contribution in [3.8, 4) is 0 Å². The first kappa shape index (κ1) is 20.4. The van der Waals surface area contributed by atoms with Crippen molar-refractivity contribution in [3.05, 3.63) is 59.1 Å². The van der Waals surface area contributed by atoms with Crippen molar-refractivity contribution in [3.63, 3.8) is 0 Å². The molecule has 2 aliphatic heterocycles. The minimum absolute atomic E-state index is 0.109. The van der Waals surface area contributed by atoms with Crippen molar-refractivity contribution in [2.75, 3.05) is 29.9 Å². The number of nitrogens with zero attached hydrogens (tertiary/aromatic N) is 3. The summed E-state index contributed by atoms with van der Waals surface area (Å²) in [5.41, 5.74) is 3.61. The van der Waals surface area contributed by atoms with Gasteiger partial charge in [-0.25, -0.2) is 5.01 Å². The van der Waals surface area contributed by atoms with E-state index in [1.165, 1.54) is 5.01 Å². The number of halogens is 1. The predicted molar refractivity (Wildman–Crippen MR) is 120 cm³/mol. The van der Waals surface area contributed by atoms with Crippen molar-refractivity contribution in [1.29, 1.82) is 0 Å². The van der Waals surface area contributed by atoms with E-state index in [0.29, 0.717) is 17.3 Å². The smallest absolute Gasteiger partial charge is 0.243 e. The Morgan fingerprint density at radius 1 is 1.00 bits per heavy atom. The van der Waals surface area contributed by atoms with E-state index in [-0.39, 0.29) is 24.7 Å². The summed E-state index contributed by atoms with van der Waals surface area (Å²) < 4.78 is 0. The number of benzene rings is 2. The first-order valence-corrected chi connectivity index (χ1v) is 10.8. The zero-order valence-corrected chi connectivity index (χ0v) is 17.6. The van der Waals surface area contributed by atoms with Crippen LogP contribution >= 0.6 is 11.6 Å². The van der Waals surface area contributed by atoms with E-state index in [2.05, 4.69) is 15.3 Å². The summed E-state index contributed by atoms with van der Waals surface area (Å²) in [5.74, 6) is -0.334. The standard InChI is InChI=1S/C23H25ClN4O2/c24-18-8-9-21(27-13-4-5-14-27)20(16-18)25-22(29)10-11-23(30)28-15-12-19(26-28)17-6-2-1-3-7-17/h1-3,6-9,16H,4-5,10-15H2,(H,25,29). The van der Waals surface area contributed by atoms with Crippen LogP contribution in [0.3, 0.4) is 0 Å². The molecule has 0 atom stereocenters. The van der Waals surface area contributed by atoms with Crippen molar-refractivity contribution < 1.29 is 9.59 Å². The topological polar surface area (TPSA) is 65.0 Å². The molecule has 0 aromatic heterocycles. The number of nitrogens with one attached hydrogen (secondary N) is 1. The fourth-order valence-electron chi connectivity index (χ4n) is 3.87. The third-order valence-electron chi connectivity index (χ3n) is 5.44. The minimum Gasteiger partial charge on any atom is -0.370 e. The molecule has 4 rings (SSSR count). The quantitative estimate of drug-likeness (QED) is 0.752. The second-order valence-electron chi connectivity index (χ2n) is 7.58. The Kier molecular flexibility index (Phi) is 6.33. The van der Waals surface area contributed by atoms with E-state index >= 15 is 0 Å². The van der Waals surface area contributed by atoms with E-state index in [4.69, 9.17) is 11.6 Å². The number of carbonyl (C=O) groups excluding carboxylic acids is 2. The summed E-state index contributed by atoms with van der Waals surface area (Å²) in [5, 5.41) is 9.43.